The molecule has 14 heavy (non-hydrogen) atoms. The quantitative estimate of drug-likeness (QED) is 0.661. The molecule has 0 atom stereocenters. The molecule has 1 aliphatic rings. The van der Waals surface area contributed by atoms with Crippen LogP contribution in [0.1, 0.15) is 36.1 Å². The van der Waals surface area contributed by atoms with Gasteiger partial charge in [0.2, 0.25) is 0 Å². The first-order chi connectivity index (χ1) is 6.48. The Balaban J connectivity index is 2.47. The first-order valence-corrected chi connectivity index (χ1v) is 5.32. The molecule has 1 heteroatoms. The minimum atomic E-state index is 0.257. The zero-order valence-electron chi connectivity index (χ0n) is 9.57. The molecule has 0 aliphatic carbocycles. The number of hydrogen-bond acceptors (Lipinski definition) is 1. The Morgan fingerprint density at radius 2 is 1.93 bits per heavy atom. The maximum atomic E-state index is 3.57. The summed E-state index contributed by atoms with van der Waals surface area (Å²) in [5.74, 6) is 0. The smallest absolute Gasteiger partial charge is 0.0213 e. The lowest BCUT2D eigenvalue weighted by Gasteiger charge is -2.34. The van der Waals surface area contributed by atoms with Gasteiger partial charge in [-0.1, -0.05) is 17.7 Å². The predicted octanol–water partition coefficient (Wildman–Crippen LogP) is 2.73. The standard InChI is InChI=1S/C13H19N/c1-9-5-10(2)12-7-13(3,4)14-8-11(12)6-9/h5-6,14H,7-8H2,1-4H3. The van der Waals surface area contributed by atoms with Crippen LogP contribution in [0.3, 0.4) is 0 Å². The minimum Gasteiger partial charge on any atom is -0.307 e. The molecule has 76 valence electrons. The van der Waals surface area contributed by atoms with Crippen molar-refractivity contribution in [2.75, 3.05) is 0 Å². The van der Waals surface area contributed by atoms with Crippen molar-refractivity contribution in [3.8, 4) is 0 Å². The lowest BCUT2D eigenvalue weighted by molar-refractivity contribution is 0.361. The molecular formula is C13H19N. The zero-order valence-corrected chi connectivity index (χ0v) is 9.57. The second-order valence-electron chi connectivity index (χ2n) is 5.13. The van der Waals surface area contributed by atoms with Gasteiger partial charge in [-0.05, 0) is 50.8 Å². The van der Waals surface area contributed by atoms with Gasteiger partial charge < -0.3 is 5.32 Å². The van der Waals surface area contributed by atoms with Crippen LogP contribution in [0.5, 0.6) is 0 Å². The number of aryl methyl sites for hydroxylation is 2. The van der Waals surface area contributed by atoms with Crippen molar-refractivity contribution >= 4 is 0 Å². The van der Waals surface area contributed by atoms with Crippen LogP contribution in [0.25, 0.3) is 0 Å². The summed E-state index contributed by atoms with van der Waals surface area (Å²) < 4.78 is 0. The van der Waals surface area contributed by atoms with E-state index in [1.165, 1.54) is 16.7 Å². The Hall–Kier alpha value is -0.820. The van der Waals surface area contributed by atoms with Crippen LogP contribution < -0.4 is 5.32 Å². The highest BCUT2D eigenvalue weighted by Gasteiger charge is 2.25. The van der Waals surface area contributed by atoms with Gasteiger partial charge in [0.15, 0.2) is 0 Å². The Kier molecular flexibility index (Phi) is 2.15. The van der Waals surface area contributed by atoms with Crippen molar-refractivity contribution in [1.29, 1.82) is 0 Å². The molecule has 2 rings (SSSR count). The van der Waals surface area contributed by atoms with E-state index >= 15 is 0 Å². The van der Waals surface area contributed by atoms with Crippen molar-refractivity contribution in [2.24, 2.45) is 0 Å². The highest BCUT2D eigenvalue weighted by Crippen LogP contribution is 2.26. The molecule has 1 nitrogen and oxygen atoms in total. The van der Waals surface area contributed by atoms with Crippen LogP contribution >= 0.6 is 0 Å². The van der Waals surface area contributed by atoms with E-state index in [-0.39, 0.29) is 5.54 Å². The van der Waals surface area contributed by atoms with E-state index in [1.54, 1.807) is 5.56 Å². The summed E-state index contributed by atoms with van der Waals surface area (Å²) in [6.45, 7) is 9.97. The van der Waals surface area contributed by atoms with Crippen LogP contribution in [0.15, 0.2) is 12.1 Å². The van der Waals surface area contributed by atoms with Crippen molar-refractivity contribution in [3.63, 3.8) is 0 Å². The topological polar surface area (TPSA) is 12.0 Å². The molecule has 0 amide bonds. The van der Waals surface area contributed by atoms with E-state index in [4.69, 9.17) is 0 Å². The highest BCUT2D eigenvalue weighted by atomic mass is 15.0. The summed E-state index contributed by atoms with van der Waals surface area (Å²) in [7, 11) is 0. The van der Waals surface area contributed by atoms with E-state index in [2.05, 4.69) is 45.1 Å². The van der Waals surface area contributed by atoms with Crippen LogP contribution in [0.4, 0.5) is 0 Å². The molecule has 0 saturated heterocycles. The molecule has 0 fully saturated rings. The second kappa shape index (κ2) is 3.09. The normalized spacial score (nSPS) is 19.1. The number of benzene rings is 1. The number of fused-ring (bicyclic) bond motifs is 1. The van der Waals surface area contributed by atoms with Crippen LogP contribution in [-0.2, 0) is 13.0 Å². The summed E-state index contributed by atoms with van der Waals surface area (Å²) in [4.78, 5) is 0. The Morgan fingerprint density at radius 1 is 1.21 bits per heavy atom. The van der Waals surface area contributed by atoms with E-state index in [9.17, 15) is 0 Å². The maximum absolute atomic E-state index is 3.57. The molecule has 1 N–H and O–H groups in total. The Labute approximate surface area is 86.5 Å². The molecule has 0 aromatic heterocycles. The van der Waals surface area contributed by atoms with Gasteiger partial charge >= 0.3 is 0 Å². The molecule has 0 saturated carbocycles. The molecule has 1 heterocycles. The van der Waals surface area contributed by atoms with Gasteiger partial charge in [0.1, 0.15) is 0 Å². The number of rotatable bonds is 0. The fraction of sp³-hybridized carbons (Fsp3) is 0.538. The van der Waals surface area contributed by atoms with Gasteiger partial charge in [-0.15, -0.1) is 0 Å². The first kappa shape index (κ1) is 9.72. The van der Waals surface area contributed by atoms with E-state index in [0.717, 1.165) is 13.0 Å². The average molecular weight is 189 g/mol. The van der Waals surface area contributed by atoms with Crippen LogP contribution in [-0.4, -0.2) is 5.54 Å². The first-order valence-electron chi connectivity index (χ1n) is 5.32. The van der Waals surface area contributed by atoms with Gasteiger partial charge in [0.05, 0.1) is 0 Å². The van der Waals surface area contributed by atoms with E-state index in [1.807, 2.05) is 0 Å². The Bertz CT molecular complexity index is 364. The third kappa shape index (κ3) is 1.69. The van der Waals surface area contributed by atoms with Crippen LogP contribution in [0.2, 0.25) is 0 Å². The lowest BCUT2D eigenvalue weighted by atomic mass is 9.84. The summed E-state index contributed by atoms with van der Waals surface area (Å²) in [5.41, 5.74) is 6.13. The second-order valence-corrected chi connectivity index (χ2v) is 5.13. The summed E-state index contributed by atoms with van der Waals surface area (Å²) in [5, 5.41) is 3.57. The minimum absolute atomic E-state index is 0.257. The number of nitrogens with one attached hydrogen (secondary N) is 1. The van der Waals surface area contributed by atoms with Gasteiger partial charge in [0, 0.05) is 12.1 Å². The van der Waals surface area contributed by atoms with Crippen molar-refractivity contribution in [2.45, 2.75) is 46.2 Å². The fourth-order valence-corrected chi connectivity index (χ4v) is 2.34. The lowest BCUT2D eigenvalue weighted by Crippen LogP contribution is -2.44. The van der Waals surface area contributed by atoms with Gasteiger partial charge in [-0.25, -0.2) is 0 Å². The van der Waals surface area contributed by atoms with Crippen molar-refractivity contribution in [1.82, 2.24) is 5.32 Å². The third-order valence-electron chi connectivity index (χ3n) is 3.09. The largest absolute Gasteiger partial charge is 0.307 e. The highest BCUT2D eigenvalue weighted by molar-refractivity contribution is 5.40. The van der Waals surface area contributed by atoms with Crippen molar-refractivity contribution in [3.05, 3.63) is 34.4 Å². The summed E-state index contributed by atoms with van der Waals surface area (Å²) in [6.07, 6.45) is 1.15. The number of hydrogen-bond donors (Lipinski definition) is 1. The molecule has 0 unspecified atom stereocenters. The zero-order chi connectivity index (χ0) is 10.3. The SMILES string of the molecule is Cc1cc(C)c2c(c1)CNC(C)(C)C2. The van der Waals surface area contributed by atoms with Crippen LogP contribution in [0, 0.1) is 13.8 Å². The molecule has 0 bridgehead atoms. The predicted molar refractivity (Wildman–Crippen MR) is 60.5 cm³/mol. The van der Waals surface area contributed by atoms with Gasteiger partial charge in [-0.2, -0.15) is 0 Å². The molecule has 0 radical (unpaired) electrons. The molecule has 1 aromatic rings. The van der Waals surface area contributed by atoms with Gasteiger partial charge in [0.25, 0.3) is 0 Å². The van der Waals surface area contributed by atoms with Gasteiger partial charge in [-0.3, -0.25) is 0 Å². The average Bonchev–Trinajstić information content (AvgIpc) is 2.06. The summed E-state index contributed by atoms with van der Waals surface area (Å²) in [6, 6.07) is 4.60. The molecule has 1 aliphatic heterocycles. The van der Waals surface area contributed by atoms with E-state index < -0.39 is 0 Å². The molecular weight excluding hydrogens is 170 g/mol. The molecule has 1 aromatic carbocycles. The molecule has 0 spiro atoms. The summed E-state index contributed by atoms with van der Waals surface area (Å²) >= 11 is 0. The fourth-order valence-electron chi connectivity index (χ4n) is 2.34. The van der Waals surface area contributed by atoms with E-state index in [0.29, 0.717) is 0 Å². The van der Waals surface area contributed by atoms with Crippen molar-refractivity contribution < 1.29 is 0 Å². The Morgan fingerprint density at radius 3 is 2.64 bits per heavy atom. The maximum Gasteiger partial charge on any atom is 0.0213 e. The third-order valence-corrected chi connectivity index (χ3v) is 3.09. The monoisotopic (exact) mass is 189 g/mol.